The third-order valence-corrected chi connectivity index (χ3v) is 4.60. The second-order valence-electron chi connectivity index (χ2n) is 6.41. The van der Waals surface area contributed by atoms with Crippen LogP contribution in [0.1, 0.15) is 31.2 Å². The number of aryl methyl sites for hydroxylation is 1. The van der Waals surface area contributed by atoms with Crippen LogP contribution in [0.15, 0.2) is 30.5 Å². The summed E-state index contributed by atoms with van der Waals surface area (Å²) in [6.45, 7) is 0.968. The van der Waals surface area contributed by atoms with Crippen molar-refractivity contribution < 1.29 is 19.4 Å². The Labute approximate surface area is 140 Å². The number of amides is 1. The van der Waals surface area contributed by atoms with Gasteiger partial charge in [0.15, 0.2) is 0 Å². The lowest BCUT2D eigenvalue weighted by Crippen LogP contribution is -2.53. The molecule has 2 heterocycles. The van der Waals surface area contributed by atoms with Gasteiger partial charge >= 0.3 is 5.97 Å². The van der Waals surface area contributed by atoms with Crippen LogP contribution in [0.5, 0.6) is 0 Å². The number of aromatic amines is 1. The van der Waals surface area contributed by atoms with Gasteiger partial charge in [-0.25, -0.2) is 0 Å². The molecule has 1 aliphatic heterocycles. The number of carbonyl (C=O) groups is 2. The molecule has 0 bridgehead atoms. The Kier molecular flexibility index (Phi) is 4.85. The van der Waals surface area contributed by atoms with E-state index in [0.29, 0.717) is 38.9 Å². The number of hydrogen-bond donors (Lipinski definition) is 3. The third-order valence-electron chi connectivity index (χ3n) is 4.60. The molecule has 1 amide bonds. The SMILES string of the molecule is O=C(O)CC1(NC(=O)CCc2ccc3[nH]ccc3c2)CCOCC1. The van der Waals surface area contributed by atoms with Crippen LogP contribution in [0.2, 0.25) is 0 Å². The summed E-state index contributed by atoms with van der Waals surface area (Å²) in [5.74, 6) is -0.998. The van der Waals surface area contributed by atoms with Gasteiger partial charge in [-0.05, 0) is 48.4 Å². The molecule has 24 heavy (non-hydrogen) atoms. The summed E-state index contributed by atoms with van der Waals surface area (Å²) in [6, 6.07) is 8.09. The molecule has 2 aromatic rings. The van der Waals surface area contributed by atoms with Crippen LogP contribution in [0.4, 0.5) is 0 Å². The molecular formula is C18H22N2O4. The maximum Gasteiger partial charge on any atom is 0.305 e. The molecule has 1 fully saturated rings. The molecule has 1 saturated heterocycles. The van der Waals surface area contributed by atoms with Gasteiger partial charge in [-0.2, -0.15) is 0 Å². The van der Waals surface area contributed by atoms with Crippen molar-refractivity contribution >= 4 is 22.8 Å². The number of nitrogens with one attached hydrogen (secondary N) is 2. The Hall–Kier alpha value is -2.34. The molecule has 1 aromatic heterocycles. The lowest BCUT2D eigenvalue weighted by molar-refractivity contribution is -0.140. The minimum absolute atomic E-state index is 0.0581. The minimum Gasteiger partial charge on any atom is -0.481 e. The fraction of sp³-hybridized carbons (Fsp3) is 0.444. The molecule has 3 rings (SSSR count). The van der Waals surface area contributed by atoms with Crippen LogP contribution >= 0.6 is 0 Å². The van der Waals surface area contributed by atoms with E-state index in [0.717, 1.165) is 16.5 Å². The number of rotatable bonds is 6. The van der Waals surface area contributed by atoms with Gasteiger partial charge in [-0.1, -0.05) is 6.07 Å². The summed E-state index contributed by atoms with van der Waals surface area (Å²) in [5.41, 5.74) is 1.49. The quantitative estimate of drug-likeness (QED) is 0.757. The predicted molar refractivity (Wildman–Crippen MR) is 89.8 cm³/mol. The highest BCUT2D eigenvalue weighted by atomic mass is 16.5. The number of H-pyrrole nitrogens is 1. The molecule has 0 saturated carbocycles. The van der Waals surface area contributed by atoms with Gasteiger partial charge in [0.05, 0.1) is 12.0 Å². The first-order chi connectivity index (χ1) is 11.6. The number of carboxylic acids is 1. The van der Waals surface area contributed by atoms with Crippen molar-refractivity contribution in [2.24, 2.45) is 0 Å². The number of benzene rings is 1. The van der Waals surface area contributed by atoms with E-state index < -0.39 is 11.5 Å². The van der Waals surface area contributed by atoms with E-state index >= 15 is 0 Å². The summed E-state index contributed by atoms with van der Waals surface area (Å²) in [4.78, 5) is 26.6. The second kappa shape index (κ2) is 7.05. The molecule has 1 aliphatic rings. The number of carbonyl (C=O) groups excluding carboxylic acids is 1. The van der Waals surface area contributed by atoms with Gasteiger partial charge in [0.1, 0.15) is 0 Å². The van der Waals surface area contributed by atoms with Gasteiger partial charge < -0.3 is 20.1 Å². The molecule has 3 N–H and O–H groups in total. The van der Waals surface area contributed by atoms with Gasteiger partial charge in [-0.15, -0.1) is 0 Å². The van der Waals surface area contributed by atoms with Crippen LogP contribution in [0.3, 0.4) is 0 Å². The van der Waals surface area contributed by atoms with Crippen molar-refractivity contribution in [1.82, 2.24) is 10.3 Å². The van der Waals surface area contributed by atoms with Crippen LogP contribution < -0.4 is 5.32 Å². The highest BCUT2D eigenvalue weighted by Gasteiger charge is 2.36. The standard InChI is InChI=1S/C18H22N2O4/c21-16(20-18(12-17(22)23)6-9-24-10-7-18)4-2-13-1-3-15-14(11-13)5-8-19-15/h1,3,5,8,11,19H,2,4,6-7,9-10,12H2,(H,20,21)(H,22,23). The monoisotopic (exact) mass is 330 g/mol. The maximum atomic E-state index is 12.3. The van der Waals surface area contributed by atoms with Crippen LogP contribution in [0.25, 0.3) is 10.9 Å². The van der Waals surface area contributed by atoms with E-state index in [1.807, 2.05) is 24.4 Å². The zero-order valence-corrected chi connectivity index (χ0v) is 13.5. The van der Waals surface area contributed by atoms with Gasteiger partial charge in [-0.3, -0.25) is 9.59 Å². The summed E-state index contributed by atoms with van der Waals surface area (Å²) in [7, 11) is 0. The lowest BCUT2D eigenvalue weighted by atomic mass is 9.86. The highest BCUT2D eigenvalue weighted by Crippen LogP contribution is 2.25. The van der Waals surface area contributed by atoms with E-state index in [-0.39, 0.29) is 12.3 Å². The van der Waals surface area contributed by atoms with Crippen molar-refractivity contribution in [3.8, 4) is 0 Å². The summed E-state index contributed by atoms with van der Waals surface area (Å²) >= 11 is 0. The molecular weight excluding hydrogens is 308 g/mol. The van der Waals surface area contributed by atoms with Gasteiger partial charge in [0.2, 0.25) is 5.91 Å². The van der Waals surface area contributed by atoms with Crippen LogP contribution in [-0.2, 0) is 20.7 Å². The van der Waals surface area contributed by atoms with Gasteiger partial charge in [0.25, 0.3) is 0 Å². The van der Waals surface area contributed by atoms with E-state index in [9.17, 15) is 9.59 Å². The normalized spacial score (nSPS) is 16.8. The smallest absolute Gasteiger partial charge is 0.305 e. The second-order valence-corrected chi connectivity index (χ2v) is 6.41. The molecule has 0 spiro atoms. The largest absolute Gasteiger partial charge is 0.481 e. The van der Waals surface area contributed by atoms with E-state index in [2.05, 4.69) is 16.4 Å². The first kappa shape index (κ1) is 16.5. The predicted octanol–water partition coefficient (Wildman–Crippen LogP) is 2.24. The summed E-state index contributed by atoms with van der Waals surface area (Å²) < 4.78 is 5.30. The fourth-order valence-corrected chi connectivity index (χ4v) is 3.27. The number of carboxylic acid groups (broad SMARTS) is 1. The Balaban J connectivity index is 1.59. The van der Waals surface area contributed by atoms with E-state index in [1.54, 1.807) is 0 Å². The zero-order chi connectivity index (χ0) is 17.0. The highest BCUT2D eigenvalue weighted by molar-refractivity contribution is 5.81. The Morgan fingerprint density at radius 2 is 2.04 bits per heavy atom. The van der Waals surface area contributed by atoms with Crippen molar-refractivity contribution in [3.05, 3.63) is 36.0 Å². The minimum atomic E-state index is -0.893. The maximum absolute atomic E-state index is 12.3. The van der Waals surface area contributed by atoms with Crippen molar-refractivity contribution in [3.63, 3.8) is 0 Å². The average molecular weight is 330 g/mol. The third kappa shape index (κ3) is 3.94. The topological polar surface area (TPSA) is 91.4 Å². The number of hydrogen-bond acceptors (Lipinski definition) is 3. The summed E-state index contributed by atoms with van der Waals surface area (Å²) in [6.07, 6.45) is 3.89. The zero-order valence-electron chi connectivity index (χ0n) is 13.5. The molecule has 0 atom stereocenters. The molecule has 128 valence electrons. The fourth-order valence-electron chi connectivity index (χ4n) is 3.27. The first-order valence-electron chi connectivity index (χ1n) is 8.23. The van der Waals surface area contributed by atoms with Gasteiger partial charge in [0, 0.05) is 31.3 Å². The van der Waals surface area contributed by atoms with E-state index in [1.165, 1.54) is 0 Å². The summed E-state index contributed by atoms with van der Waals surface area (Å²) in [5, 5.41) is 13.2. The Morgan fingerprint density at radius 3 is 2.79 bits per heavy atom. The average Bonchev–Trinajstić information content (AvgIpc) is 3.00. The van der Waals surface area contributed by atoms with Crippen LogP contribution in [0, 0.1) is 0 Å². The molecule has 0 radical (unpaired) electrons. The lowest BCUT2D eigenvalue weighted by Gasteiger charge is -2.36. The van der Waals surface area contributed by atoms with Crippen LogP contribution in [-0.4, -0.2) is 40.7 Å². The van der Waals surface area contributed by atoms with Crippen molar-refractivity contribution in [2.45, 2.75) is 37.6 Å². The number of aromatic nitrogens is 1. The molecule has 6 heteroatoms. The van der Waals surface area contributed by atoms with E-state index in [4.69, 9.17) is 9.84 Å². The molecule has 0 unspecified atom stereocenters. The van der Waals surface area contributed by atoms with Crippen molar-refractivity contribution in [2.75, 3.05) is 13.2 Å². The van der Waals surface area contributed by atoms with Crippen molar-refractivity contribution in [1.29, 1.82) is 0 Å². The molecule has 6 nitrogen and oxygen atoms in total. The molecule has 0 aliphatic carbocycles. The number of ether oxygens (including phenoxy) is 1. The number of fused-ring (bicyclic) bond motifs is 1. The first-order valence-corrected chi connectivity index (χ1v) is 8.23. The Bertz CT molecular complexity index is 731. The molecule has 1 aromatic carbocycles. The number of aliphatic carboxylic acids is 1. The Morgan fingerprint density at radius 1 is 1.25 bits per heavy atom.